The molecular weight excluding hydrogens is 307 g/mol. The third-order valence-electron chi connectivity index (χ3n) is 2.88. The molecule has 0 saturated heterocycles. The lowest BCUT2D eigenvalue weighted by molar-refractivity contribution is -0.116. The number of hydrogen-bond donors (Lipinski definition) is 2. The van der Waals surface area contributed by atoms with Crippen LogP contribution in [0.4, 0.5) is 17.1 Å². The lowest BCUT2D eigenvalue weighted by Crippen LogP contribution is -2.10. The summed E-state index contributed by atoms with van der Waals surface area (Å²) in [6.45, 7) is 1.97. The minimum atomic E-state index is 0.0242. The molecule has 0 aliphatic carbocycles. The first kappa shape index (κ1) is 15.7. The standard InChI is InChI=1S/C16H16Cl2N2O/c1-2-4-15(21)20-12-9-7-11(8-10-12)19-14-6-3-5-13(17)16(14)18/h3,5-10,19H,2,4H2,1H3,(H,20,21). The molecule has 110 valence electrons. The molecule has 0 heterocycles. The first-order valence-corrected chi connectivity index (χ1v) is 7.46. The summed E-state index contributed by atoms with van der Waals surface area (Å²) in [5.74, 6) is 0.0242. The minimum absolute atomic E-state index is 0.0242. The van der Waals surface area contributed by atoms with Gasteiger partial charge in [0.25, 0.3) is 0 Å². The van der Waals surface area contributed by atoms with Crippen LogP contribution in [0.2, 0.25) is 10.0 Å². The summed E-state index contributed by atoms with van der Waals surface area (Å²) in [7, 11) is 0. The van der Waals surface area contributed by atoms with Crippen molar-refractivity contribution in [3.63, 3.8) is 0 Å². The molecule has 2 N–H and O–H groups in total. The molecular formula is C16H16Cl2N2O. The van der Waals surface area contributed by atoms with Gasteiger partial charge in [0.2, 0.25) is 5.91 Å². The molecule has 0 bridgehead atoms. The molecule has 5 heteroatoms. The largest absolute Gasteiger partial charge is 0.354 e. The monoisotopic (exact) mass is 322 g/mol. The van der Waals surface area contributed by atoms with Gasteiger partial charge in [-0.05, 0) is 42.8 Å². The van der Waals surface area contributed by atoms with E-state index >= 15 is 0 Å². The van der Waals surface area contributed by atoms with E-state index in [2.05, 4.69) is 10.6 Å². The number of halogens is 2. The zero-order valence-electron chi connectivity index (χ0n) is 11.6. The van der Waals surface area contributed by atoms with Crippen molar-refractivity contribution in [3.8, 4) is 0 Å². The van der Waals surface area contributed by atoms with Crippen LogP contribution in [0, 0.1) is 0 Å². The van der Waals surface area contributed by atoms with Crippen molar-refractivity contribution < 1.29 is 4.79 Å². The molecule has 2 aromatic rings. The predicted octanol–water partition coefficient (Wildman–Crippen LogP) is 5.48. The van der Waals surface area contributed by atoms with Gasteiger partial charge < -0.3 is 10.6 Å². The van der Waals surface area contributed by atoms with E-state index in [-0.39, 0.29) is 5.91 Å². The normalized spacial score (nSPS) is 10.2. The van der Waals surface area contributed by atoms with E-state index in [1.807, 2.05) is 43.3 Å². The third-order valence-corrected chi connectivity index (χ3v) is 3.70. The number of carbonyl (C=O) groups excluding carboxylic acids is 1. The van der Waals surface area contributed by atoms with E-state index in [0.29, 0.717) is 16.5 Å². The molecule has 0 aromatic heterocycles. The van der Waals surface area contributed by atoms with Crippen LogP contribution in [0.25, 0.3) is 0 Å². The van der Waals surface area contributed by atoms with Crippen molar-refractivity contribution in [3.05, 3.63) is 52.5 Å². The van der Waals surface area contributed by atoms with Crippen LogP contribution >= 0.6 is 23.2 Å². The van der Waals surface area contributed by atoms with E-state index < -0.39 is 0 Å². The van der Waals surface area contributed by atoms with Gasteiger partial charge >= 0.3 is 0 Å². The highest BCUT2D eigenvalue weighted by atomic mass is 35.5. The van der Waals surface area contributed by atoms with Gasteiger partial charge in [-0.1, -0.05) is 36.2 Å². The Hall–Kier alpha value is -1.71. The molecule has 21 heavy (non-hydrogen) atoms. The lowest BCUT2D eigenvalue weighted by atomic mass is 10.2. The summed E-state index contributed by atoms with van der Waals surface area (Å²) in [6, 6.07) is 12.8. The fraction of sp³-hybridized carbons (Fsp3) is 0.188. The maximum absolute atomic E-state index is 11.5. The van der Waals surface area contributed by atoms with Crippen LogP contribution in [0.5, 0.6) is 0 Å². The second-order valence-electron chi connectivity index (χ2n) is 4.60. The Morgan fingerprint density at radius 1 is 1.05 bits per heavy atom. The Balaban J connectivity index is 2.05. The molecule has 0 unspecified atom stereocenters. The van der Waals surface area contributed by atoms with Crippen molar-refractivity contribution in [1.29, 1.82) is 0 Å². The van der Waals surface area contributed by atoms with Crippen molar-refractivity contribution in [2.24, 2.45) is 0 Å². The summed E-state index contributed by atoms with van der Waals surface area (Å²) in [5, 5.41) is 7.02. The number of hydrogen-bond acceptors (Lipinski definition) is 2. The van der Waals surface area contributed by atoms with Crippen LogP contribution in [0.15, 0.2) is 42.5 Å². The minimum Gasteiger partial charge on any atom is -0.354 e. The zero-order valence-corrected chi connectivity index (χ0v) is 13.1. The Labute approximate surface area is 134 Å². The van der Waals surface area contributed by atoms with Gasteiger partial charge in [0.1, 0.15) is 0 Å². The summed E-state index contributed by atoms with van der Waals surface area (Å²) in [6.07, 6.45) is 1.36. The van der Waals surface area contributed by atoms with Gasteiger partial charge in [-0.15, -0.1) is 0 Å². The Bertz CT molecular complexity index is 627. The summed E-state index contributed by atoms with van der Waals surface area (Å²) in [5.41, 5.74) is 2.38. The van der Waals surface area contributed by atoms with Crippen LogP contribution in [-0.4, -0.2) is 5.91 Å². The maximum Gasteiger partial charge on any atom is 0.224 e. The van der Waals surface area contributed by atoms with Gasteiger partial charge in [-0.25, -0.2) is 0 Å². The Morgan fingerprint density at radius 2 is 1.71 bits per heavy atom. The molecule has 0 atom stereocenters. The number of amides is 1. The number of benzene rings is 2. The average Bonchev–Trinajstić information content (AvgIpc) is 2.46. The third kappa shape index (κ3) is 4.38. The number of nitrogens with one attached hydrogen (secondary N) is 2. The highest BCUT2D eigenvalue weighted by molar-refractivity contribution is 6.43. The maximum atomic E-state index is 11.5. The molecule has 0 radical (unpaired) electrons. The number of carbonyl (C=O) groups is 1. The summed E-state index contributed by atoms with van der Waals surface area (Å²) in [4.78, 5) is 11.5. The first-order chi connectivity index (χ1) is 10.1. The van der Waals surface area contributed by atoms with Gasteiger partial charge in [0.05, 0.1) is 15.7 Å². The predicted molar refractivity (Wildman–Crippen MR) is 89.7 cm³/mol. The fourth-order valence-electron chi connectivity index (χ4n) is 1.84. The molecule has 0 aliphatic heterocycles. The van der Waals surface area contributed by atoms with E-state index in [1.54, 1.807) is 6.07 Å². The zero-order chi connectivity index (χ0) is 15.2. The SMILES string of the molecule is CCCC(=O)Nc1ccc(Nc2cccc(Cl)c2Cl)cc1. The van der Waals surface area contributed by atoms with Gasteiger partial charge in [-0.3, -0.25) is 4.79 Å². The Morgan fingerprint density at radius 3 is 2.38 bits per heavy atom. The molecule has 2 aromatic carbocycles. The highest BCUT2D eigenvalue weighted by Crippen LogP contribution is 2.31. The second kappa shape index (κ2) is 7.34. The van der Waals surface area contributed by atoms with Gasteiger partial charge in [0, 0.05) is 17.8 Å². The fourth-order valence-corrected chi connectivity index (χ4v) is 2.19. The lowest BCUT2D eigenvalue weighted by Gasteiger charge is -2.10. The van der Waals surface area contributed by atoms with Crippen molar-refractivity contribution in [1.82, 2.24) is 0 Å². The summed E-state index contributed by atoms with van der Waals surface area (Å²) >= 11 is 12.1. The van der Waals surface area contributed by atoms with Crippen LogP contribution in [0.3, 0.4) is 0 Å². The van der Waals surface area contributed by atoms with Crippen LogP contribution in [-0.2, 0) is 4.79 Å². The number of rotatable bonds is 5. The highest BCUT2D eigenvalue weighted by Gasteiger charge is 2.05. The van der Waals surface area contributed by atoms with Crippen molar-refractivity contribution in [2.45, 2.75) is 19.8 Å². The quantitative estimate of drug-likeness (QED) is 0.765. The topological polar surface area (TPSA) is 41.1 Å². The average molecular weight is 323 g/mol. The molecule has 1 amide bonds. The summed E-state index contributed by atoms with van der Waals surface area (Å²) < 4.78 is 0. The first-order valence-electron chi connectivity index (χ1n) is 6.71. The van der Waals surface area contributed by atoms with E-state index in [9.17, 15) is 4.79 Å². The van der Waals surface area contributed by atoms with Gasteiger partial charge in [0.15, 0.2) is 0 Å². The Kier molecular flexibility index (Phi) is 5.48. The molecule has 0 saturated carbocycles. The molecule has 2 rings (SSSR count). The molecule has 0 spiro atoms. The van der Waals surface area contributed by atoms with Gasteiger partial charge in [-0.2, -0.15) is 0 Å². The molecule has 0 aliphatic rings. The van der Waals surface area contributed by atoms with E-state index in [0.717, 1.165) is 23.5 Å². The molecule has 3 nitrogen and oxygen atoms in total. The van der Waals surface area contributed by atoms with Crippen molar-refractivity contribution in [2.75, 3.05) is 10.6 Å². The number of anilines is 3. The van der Waals surface area contributed by atoms with E-state index in [1.165, 1.54) is 0 Å². The smallest absolute Gasteiger partial charge is 0.224 e. The second-order valence-corrected chi connectivity index (χ2v) is 5.39. The van der Waals surface area contributed by atoms with Crippen LogP contribution < -0.4 is 10.6 Å². The van der Waals surface area contributed by atoms with E-state index in [4.69, 9.17) is 23.2 Å². The van der Waals surface area contributed by atoms with Crippen molar-refractivity contribution >= 4 is 46.2 Å². The van der Waals surface area contributed by atoms with Crippen LogP contribution in [0.1, 0.15) is 19.8 Å². The molecule has 0 fully saturated rings.